The molecule has 3 nitrogen and oxygen atoms in total. The van der Waals surface area contributed by atoms with Gasteiger partial charge in [0.1, 0.15) is 0 Å². The van der Waals surface area contributed by atoms with E-state index in [2.05, 4.69) is 10.6 Å². The Kier molecular flexibility index (Phi) is 3.70. The van der Waals surface area contributed by atoms with Gasteiger partial charge in [-0.1, -0.05) is 0 Å². The molecule has 2 fully saturated rings. The van der Waals surface area contributed by atoms with Crippen molar-refractivity contribution in [3.63, 3.8) is 0 Å². The van der Waals surface area contributed by atoms with Gasteiger partial charge in [-0.3, -0.25) is 4.79 Å². The maximum atomic E-state index is 11.6. The monoisotopic (exact) mass is 214 g/mol. The molecule has 2 heterocycles. The second-order valence-corrected chi connectivity index (χ2v) is 5.42. The minimum Gasteiger partial charge on any atom is -0.355 e. The topological polar surface area (TPSA) is 41.1 Å². The summed E-state index contributed by atoms with van der Waals surface area (Å²) in [6, 6.07) is 0. The molecule has 2 atom stereocenters. The average molecular weight is 214 g/mol. The van der Waals surface area contributed by atoms with Crippen molar-refractivity contribution in [2.45, 2.75) is 24.5 Å². The highest BCUT2D eigenvalue weighted by atomic mass is 32.2. The summed E-state index contributed by atoms with van der Waals surface area (Å²) in [5.74, 6) is 2.08. The first-order chi connectivity index (χ1) is 6.86. The number of rotatable bonds is 3. The van der Waals surface area contributed by atoms with Crippen LogP contribution >= 0.6 is 11.8 Å². The minimum atomic E-state index is 0.240. The Bertz CT molecular complexity index is 198. The van der Waals surface area contributed by atoms with Crippen molar-refractivity contribution in [3.05, 3.63) is 0 Å². The maximum Gasteiger partial charge on any atom is 0.233 e. The van der Waals surface area contributed by atoms with E-state index in [0.29, 0.717) is 5.92 Å². The number of hydrogen-bond donors (Lipinski definition) is 2. The highest BCUT2D eigenvalue weighted by molar-refractivity contribution is 8.00. The summed E-state index contributed by atoms with van der Waals surface area (Å²) in [4.78, 5) is 11.6. The first kappa shape index (κ1) is 10.3. The van der Waals surface area contributed by atoms with E-state index in [1.807, 2.05) is 0 Å². The van der Waals surface area contributed by atoms with Gasteiger partial charge >= 0.3 is 0 Å². The number of hydrogen-bond acceptors (Lipinski definition) is 3. The summed E-state index contributed by atoms with van der Waals surface area (Å²) in [5.41, 5.74) is 0. The first-order valence-electron chi connectivity index (χ1n) is 5.46. The molecule has 4 heteroatoms. The van der Waals surface area contributed by atoms with Crippen molar-refractivity contribution in [1.82, 2.24) is 10.6 Å². The van der Waals surface area contributed by atoms with E-state index < -0.39 is 0 Å². The summed E-state index contributed by atoms with van der Waals surface area (Å²) in [5, 5.41) is 6.62. The fraction of sp³-hybridized carbons (Fsp3) is 0.900. The van der Waals surface area contributed by atoms with Gasteiger partial charge in [0.05, 0.1) is 5.25 Å². The smallest absolute Gasteiger partial charge is 0.233 e. The maximum absolute atomic E-state index is 11.6. The van der Waals surface area contributed by atoms with Gasteiger partial charge in [-0.2, -0.15) is 0 Å². The van der Waals surface area contributed by atoms with Gasteiger partial charge in [0, 0.05) is 6.54 Å². The minimum absolute atomic E-state index is 0.240. The van der Waals surface area contributed by atoms with Crippen LogP contribution in [0.15, 0.2) is 0 Å². The van der Waals surface area contributed by atoms with Gasteiger partial charge in [0.25, 0.3) is 0 Å². The van der Waals surface area contributed by atoms with Crippen LogP contribution in [-0.2, 0) is 4.79 Å². The van der Waals surface area contributed by atoms with Crippen LogP contribution in [0.4, 0.5) is 0 Å². The molecule has 2 aliphatic heterocycles. The predicted molar refractivity (Wildman–Crippen MR) is 59.5 cm³/mol. The highest BCUT2D eigenvalue weighted by Gasteiger charge is 2.24. The molecule has 2 saturated heterocycles. The molecule has 80 valence electrons. The molecule has 0 aromatic rings. The summed E-state index contributed by atoms with van der Waals surface area (Å²) >= 11 is 1.81. The second kappa shape index (κ2) is 5.03. The first-order valence-corrected chi connectivity index (χ1v) is 6.51. The Hall–Kier alpha value is -0.220. The molecular formula is C10H18N2OS. The van der Waals surface area contributed by atoms with E-state index in [1.54, 1.807) is 11.8 Å². The lowest BCUT2D eigenvalue weighted by Gasteiger charge is -2.12. The largest absolute Gasteiger partial charge is 0.355 e. The van der Waals surface area contributed by atoms with Crippen LogP contribution < -0.4 is 10.6 Å². The molecule has 2 aliphatic rings. The quantitative estimate of drug-likeness (QED) is 0.723. The van der Waals surface area contributed by atoms with Crippen LogP contribution in [0.5, 0.6) is 0 Å². The molecule has 2 rings (SSSR count). The third kappa shape index (κ3) is 2.64. The Morgan fingerprint density at radius 1 is 1.50 bits per heavy atom. The fourth-order valence-electron chi connectivity index (χ4n) is 2.03. The summed E-state index contributed by atoms with van der Waals surface area (Å²) in [7, 11) is 0. The molecule has 0 aliphatic carbocycles. The van der Waals surface area contributed by atoms with Crippen LogP contribution in [0.1, 0.15) is 19.3 Å². The highest BCUT2D eigenvalue weighted by Crippen LogP contribution is 2.26. The van der Waals surface area contributed by atoms with Crippen LogP contribution in [0.25, 0.3) is 0 Å². The van der Waals surface area contributed by atoms with Crippen molar-refractivity contribution < 1.29 is 4.79 Å². The molecule has 2 N–H and O–H groups in total. The van der Waals surface area contributed by atoms with Crippen molar-refractivity contribution >= 4 is 17.7 Å². The molecule has 1 amide bonds. The lowest BCUT2D eigenvalue weighted by atomic mass is 10.1. The Balaban J connectivity index is 1.66. The molecule has 0 bridgehead atoms. The van der Waals surface area contributed by atoms with Crippen LogP contribution in [-0.4, -0.2) is 36.5 Å². The average Bonchev–Trinajstić information content (AvgIpc) is 2.87. The molecule has 0 aromatic carbocycles. The van der Waals surface area contributed by atoms with E-state index in [0.717, 1.165) is 31.8 Å². The number of carbonyl (C=O) groups excluding carboxylic acids is 1. The molecule has 0 saturated carbocycles. The predicted octanol–water partition coefficient (Wildman–Crippen LogP) is 0.608. The Morgan fingerprint density at radius 3 is 3.07 bits per heavy atom. The zero-order valence-corrected chi connectivity index (χ0v) is 9.24. The van der Waals surface area contributed by atoms with E-state index in [1.165, 1.54) is 12.8 Å². The van der Waals surface area contributed by atoms with E-state index in [9.17, 15) is 4.79 Å². The van der Waals surface area contributed by atoms with Crippen molar-refractivity contribution in [3.8, 4) is 0 Å². The third-order valence-electron chi connectivity index (χ3n) is 2.95. The van der Waals surface area contributed by atoms with E-state index in [4.69, 9.17) is 0 Å². The SMILES string of the molecule is O=C(NCC1CCNC1)C1CCCS1. The Morgan fingerprint density at radius 2 is 2.43 bits per heavy atom. The van der Waals surface area contributed by atoms with Crippen LogP contribution in [0.3, 0.4) is 0 Å². The standard InChI is InChI=1S/C10H18N2OS/c13-10(9-2-1-5-14-9)12-7-8-3-4-11-6-8/h8-9,11H,1-7H2,(H,12,13). The zero-order chi connectivity index (χ0) is 9.80. The van der Waals surface area contributed by atoms with Crippen LogP contribution in [0, 0.1) is 5.92 Å². The lowest BCUT2D eigenvalue weighted by molar-refractivity contribution is -0.120. The van der Waals surface area contributed by atoms with Gasteiger partial charge < -0.3 is 10.6 Å². The van der Waals surface area contributed by atoms with Crippen molar-refractivity contribution in [2.24, 2.45) is 5.92 Å². The van der Waals surface area contributed by atoms with Gasteiger partial charge in [-0.05, 0) is 44.0 Å². The third-order valence-corrected chi connectivity index (χ3v) is 4.33. The number of carbonyl (C=O) groups is 1. The van der Waals surface area contributed by atoms with Gasteiger partial charge in [-0.15, -0.1) is 11.8 Å². The molecular weight excluding hydrogens is 196 g/mol. The second-order valence-electron chi connectivity index (χ2n) is 4.11. The molecule has 0 radical (unpaired) electrons. The number of amides is 1. The van der Waals surface area contributed by atoms with Crippen molar-refractivity contribution in [1.29, 1.82) is 0 Å². The van der Waals surface area contributed by atoms with Gasteiger partial charge in [-0.25, -0.2) is 0 Å². The summed E-state index contributed by atoms with van der Waals surface area (Å²) in [6.07, 6.45) is 3.48. The molecule has 14 heavy (non-hydrogen) atoms. The summed E-state index contributed by atoms with van der Waals surface area (Å²) in [6.45, 7) is 3.04. The molecule has 0 spiro atoms. The van der Waals surface area contributed by atoms with E-state index in [-0.39, 0.29) is 11.2 Å². The van der Waals surface area contributed by atoms with Gasteiger partial charge in [0.15, 0.2) is 0 Å². The normalized spacial score (nSPS) is 32.0. The van der Waals surface area contributed by atoms with Gasteiger partial charge in [0.2, 0.25) is 5.91 Å². The van der Waals surface area contributed by atoms with E-state index >= 15 is 0 Å². The lowest BCUT2D eigenvalue weighted by Crippen LogP contribution is -2.35. The van der Waals surface area contributed by atoms with Crippen molar-refractivity contribution in [2.75, 3.05) is 25.4 Å². The summed E-state index contributed by atoms with van der Waals surface area (Å²) < 4.78 is 0. The number of thioether (sulfide) groups is 1. The molecule has 0 aromatic heterocycles. The Labute approximate surface area is 89.4 Å². The number of nitrogens with one attached hydrogen (secondary N) is 2. The fourth-order valence-corrected chi connectivity index (χ4v) is 3.22. The molecule has 2 unspecified atom stereocenters. The zero-order valence-electron chi connectivity index (χ0n) is 8.42. The van der Waals surface area contributed by atoms with Crippen LogP contribution in [0.2, 0.25) is 0 Å².